The second-order valence-corrected chi connectivity index (χ2v) is 4.14. The van der Waals surface area contributed by atoms with Gasteiger partial charge in [0.2, 0.25) is 0 Å². The van der Waals surface area contributed by atoms with Crippen LogP contribution in [0, 0.1) is 0 Å². The van der Waals surface area contributed by atoms with E-state index in [1.54, 1.807) is 0 Å². The molecule has 1 aromatic rings. The molecule has 1 N–H and O–H groups in total. The Morgan fingerprint density at radius 2 is 2.50 bits per heavy atom. The molecule has 2 heterocycles. The highest BCUT2D eigenvalue weighted by Gasteiger charge is 2.20. The summed E-state index contributed by atoms with van der Waals surface area (Å²) in [4.78, 5) is 4.38. The zero-order chi connectivity index (χ0) is 9.97. The van der Waals surface area contributed by atoms with Crippen LogP contribution < -0.4 is 5.32 Å². The lowest BCUT2D eigenvalue weighted by atomic mass is 10.0. The maximum atomic E-state index is 4.38. The first-order valence-electron chi connectivity index (χ1n) is 5.56. The van der Waals surface area contributed by atoms with Gasteiger partial charge in [-0.3, -0.25) is 0 Å². The highest BCUT2D eigenvalue weighted by atomic mass is 15.1. The molecule has 0 aliphatic carbocycles. The van der Waals surface area contributed by atoms with E-state index in [0.717, 1.165) is 13.0 Å². The Hall–Kier alpha value is -0.830. The number of rotatable bonds is 2. The largest absolute Gasteiger partial charge is 0.332 e. The lowest BCUT2D eigenvalue weighted by Crippen LogP contribution is -2.36. The molecule has 2 rings (SSSR count). The second kappa shape index (κ2) is 4.13. The molecule has 0 saturated carbocycles. The van der Waals surface area contributed by atoms with Crippen molar-refractivity contribution in [2.24, 2.45) is 0 Å². The maximum Gasteiger partial charge on any atom is 0.108 e. The van der Waals surface area contributed by atoms with Crippen LogP contribution in [0.2, 0.25) is 0 Å². The number of aryl methyl sites for hydroxylation is 1. The summed E-state index contributed by atoms with van der Waals surface area (Å²) in [6, 6.07) is 1.30. The minimum atomic E-state index is 0.640. The van der Waals surface area contributed by atoms with Crippen LogP contribution >= 0.6 is 0 Å². The predicted molar refractivity (Wildman–Crippen MR) is 57.3 cm³/mol. The molecular weight excluding hydrogens is 174 g/mol. The molecule has 1 fully saturated rings. The summed E-state index contributed by atoms with van der Waals surface area (Å²) in [6.07, 6.45) is 7.54. The molecular formula is C11H19N3. The van der Waals surface area contributed by atoms with Gasteiger partial charge in [0.05, 0.1) is 0 Å². The van der Waals surface area contributed by atoms with Gasteiger partial charge < -0.3 is 9.88 Å². The van der Waals surface area contributed by atoms with Gasteiger partial charge in [0.1, 0.15) is 5.82 Å². The van der Waals surface area contributed by atoms with Crippen LogP contribution in [0.25, 0.3) is 0 Å². The standard InChI is InChI=1S/C11H19N3/c1-3-11-13-6-7-14(11)10-4-5-12-9(2)8-10/h6-7,9-10,12H,3-5,8H2,1-2H3. The molecule has 1 aliphatic rings. The van der Waals surface area contributed by atoms with Crippen molar-refractivity contribution in [2.75, 3.05) is 6.54 Å². The average molecular weight is 193 g/mol. The summed E-state index contributed by atoms with van der Waals surface area (Å²) < 4.78 is 2.36. The number of hydrogen-bond acceptors (Lipinski definition) is 2. The molecule has 0 amide bonds. The molecule has 3 heteroatoms. The second-order valence-electron chi connectivity index (χ2n) is 4.14. The fraction of sp³-hybridized carbons (Fsp3) is 0.727. The molecule has 2 atom stereocenters. The van der Waals surface area contributed by atoms with Gasteiger partial charge >= 0.3 is 0 Å². The first-order valence-corrected chi connectivity index (χ1v) is 5.56. The highest BCUT2D eigenvalue weighted by Crippen LogP contribution is 2.23. The Labute approximate surface area is 85.5 Å². The zero-order valence-electron chi connectivity index (χ0n) is 9.03. The summed E-state index contributed by atoms with van der Waals surface area (Å²) >= 11 is 0. The van der Waals surface area contributed by atoms with E-state index in [1.807, 2.05) is 6.20 Å². The molecule has 1 aliphatic heterocycles. The van der Waals surface area contributed by atoms with Crippen LogP contribution in [-0.2, 0) is 6.42 Å². The minimum absolute atomic E-state index is 0.640. The smallest absolute Gasteiger partial charge is 0.108 e. The minimum Gasteiger partial charge on any atom is -0.332 e. The van der Waals surface area contributed by atoms with E-state index < -0.39 is 0 Å². The van der Waals surface area contributed by atoms with Gasteiger partial charge in [0.15, 0.2) is 0 Å². The Kier molecular flexibility index (Phi) is 2.87. The van der Waals surface area contributed by atoms with Crippen molar-refractivity contribution < 1.29 is 0 Å². The maximum absolute atomic E-state index is 4.38. The molecule has 3 nitrogen and oxygen atoms in total. The van der Waals surface area contributed by atoms with Gasteiger partial charge in [-0.2, -0.15) is 0 Å². The van der Waals surface area contributed by atoms with Crippen LogP contribution in [0.15, 0.2) is 12.4 Å². The third-order valence-corrected chi connectivity index (χ3v) is 3.05. The van der Waals surface area contributed by atoms with E-state index in [9.17, 15) is 0 Å². The van der Waals surface area contributed by atoms with Crippen LogP contribution in [0.4, 0.5) is 0 Å². The molecule has 0 aromatic carbocycles. The van der Waals surface area contributed by atoms with Crippen molar-refractivity contribution in [3.8, 4) is 0 Å². The van der Waals surface area contributed by atoms with Gasteiger partial charge in [0, 0.05) is 30.9 Å². The number of imidazole rings is 1. The predicted octanol–water partition coefficient (Wildman–Crippen LogP) is 1.76. The monoisotopic (exact) mass is 193 g/mol. The molecule has 0 radical (unpaired) electrons. The summed E-state index contributed by atoms with van der Waals surface area (Å²) in [7, 11) is 0. The third-order valence-electron chi connectivity index (χ3n) is 3.05. The summed E-state index contributed by atoms with van der Waals surface area (Å²) in [5, 5.41) is 3.48. The van der Waals surface area contributed by atoms with Crippen molar-refractivity contribution in [3.05, 3.63) is 18.2 Å². The third kappa shape index (κ3) is 1.82. The van der Waals surface area contributed by atoms with Crippen molar-refractivity contribution in [3.63, 3.8) is 0 Å². The van der Waals surface area contributed by atoms with Gasteiger partial charge in [-0.25, -0.2) is 4.98 Å². The zero-order valence-corrected chi connectivity index (χ0v) is 9.03. The summed E-state index contributed by atoms with van der Waals surface area (Å²) in [5.74, 6) is 1.23. The number of hydrogen-bond donors (Lipinski definition) is 1. The SMILES string of the molecule is CCc1nccn1C1CCNC(C)C1. The van der Waals surface area contributed by atoms with Gasteiger partial charge in [0.25, 0.3) is 0 Å². The Morgan fingerprint density at radius 3 is 3.21 bits per heavy atom. The fourth-order valence-corrected chi connectivity index (χ4v) is 2.31. The average Bonchev–Trinajstić information content (AvgIpc) is 2.65. The Balaban J connectivity index is 2.13. The Bertz CT molecular complexity index is 292. The summed E-state index contributed by atoms with van der Waals surface area (Å²) in [6.45, 7) is 5.56. The van der Waals surface area contributed by atoms with Crippen LogP contribution in [0.3, 0.4) is 0 Å². The van der Waals surface area contributed by atoms with Gasteiger partial charge in [-0.1, -0.05) is 6.92 Å². The molecule has 1 saturated heterocycles. The quantitative estimate of drug-likeness (QED) is 0.775. The highest BCUT2D eigenvalue weighted by molar-refractivity contribution is 4.96. The van der Waals surface area contributed by atoms with Crippen LogP contribution in [-0.4, -0.2) is 22.1 Å². The normalized spacial score (nSPS) is 27.9. The lowest BCUT2D eigenvalue weighted by molar-refractivity contribution is 0.308. The van der Waals surface area contributed by atoms with Crippen molar-refractivity contribution >= 4 is 0 Å². The number of aromatic nitrogens is 2. The molecule has 2 unspecified atom stereocenters. The molecule has 14 heavy (non-hydrogen) atoms. The van der Waals surface area contributed by atoms with Crippen molar-refractivity contribution in [1.82, 2.24) is 14.9 Å². The Morgan fingerprint density at radius 1 is 1.64 bits per heavy atom. The van der Waals surface area contributed by atoms with Crippen molar-refractivity contribution in [1.29, 1.82) is 0 Å². The van der Waals surface area contributed by atoms with E-state index >= 15 is 0 Å². The molecule has 0 spiro atoms. The van der Waals surface area contributed by atoms with E-state index in [4.69, 9.17) is 0 Å². The van der Waals surface area contributed by atoms with E-state index in [-0.39, 0.29) is 0 Å². The number of nitrogens with one attached hydrogen (secondary N) is 1. The number of piperidine rings is 1. The topological polar surface area (TPSA) is 29.9 Å². The lowest BCUT2D eigenvalue weighted by Gasteiger charge is -2.29. The van der Waals surface area contributed by atoms with Gasteiger partial charge in [-0.15, -0.1) is 0 Å². The van der Waals surface area contributed by atoms with Crippen LogP contribution in [0.5, 0.6) is 0 Å². The van der Waals surface area contributed by atoms with E-state index in [1.165, 1.54) is 18.7 Å². The van der Waals surface area contributed by atoms with E-state index in [2.05, 4.69) is 34.9 Å². The first kappa shape index (κ1) is 9.71. The number of nitrogens with zero attached hydrogens (tertiary/aromatic N) is 2. The molecule has 1 aromatic heterocycles. The van der Waals surface area contributed by atoms with Crippen molar-refractivity contribution in [2.45, 2.75) is 45.2 Å². The molecule has 0 bridgehead atoms. The first-order chi connectivity index (χ1) is 6.81. The fourth-order valence-electron chi connectivity index (χ4n) is 2.31. The van der Waals surface area contributed by atoms with E-state index in [0.29, 0.717) is 12.1 Å². The summed E-state index contributed by atoms with van der Waals surface area (Å²) in [5.41, 5.74) is 0. The van der Waals surface area contributed by atoms with Gasteiger partial charge in [-0.05, 0) is 26.3 Å². The van der Waals surface area contributed by atoms with Crippen LogP contribution in [0.1, 0.15) is 38.6 Å². The molecule has 78 valence electrons.